The fraction of sp³-hybridized carbons (Fsp3) is 0.708. The lowest BCUT2D eigenvalue weighted by Gasteiger charge is -2.28. The fourth-order valence-corrected chi connectivity index (χ4v) is 9.04. The summed E-state index contributed by atoms with van der Waals surface area (Å²) in [4.78, 5) is 147. The first-order valence-electron chi connectivity index (χ1n) is 34.0. The Morgan fingerprint density at radius 3 is 1.40 bits per heavy atom. The summed E-state index contributed by atoms with van der Waals surface area (Å²) >= 11 is 0. The number of ether oxygens (including phenoxy) is 11. The SMILES string of the molecule is CC(=O)CCCOCCOCC(=O)NCCOCCOCC(=O)NCCOCCOCC(=O)NCCOCCOCC(N)=O.CCCOC(=O)N[C@@H](Cc1ccc(C(=N)N)cc1)C(=O)N[C@@H](CCC(=O)O)C(=O)N[C@@H](CC(N)=O)C(=O)N[C@@H](CC1CCCCC1)C(=O)NCCOCCOCC. The third-order valence-corrected chi connectivity index (χ3v) is 14.1. The molecule has 10 amide bonds. The lowest BCUT2D eigenvalue weighted by molar-refractivity contribution is -0.138. The highest BCUT2D eigenvalue weighted by Crippen LogP contribution is 2.27. The number of alkyl carbamates (subject to hydrolysis) is 1. The van der Waals surface area contributed by atoms with Crippen LogP contribution in [0.4, 0.5) is 4.79 Å². The molecule has 1 aliphatic rings. The van der Waals surface area contributed by atoms with Gasteiger partial charge in [-0.25, -0.2) is 4.79 Å². The number of hydrogen-bond donors (Lipinski definition) is 13. The van der Waals surface area contributed by atoms with E-state index in [1.807, 2.05) is 6.92 Å². The van der Waals surface area contributed by atoms with Crippen molar-refractivity contribution in [1.29, 1.82) is 5.41 Å². The number of amides is 10. The first kappa shape index (κ1) is 90.9. The molecule has 4 atom stereocenters. The van der Waals surface area contributed by atoms with E-state index in [1.54, 1.807) is 31.2 Å². The molecule has 0 bridgehead atoms. The largest absolute Gasteiger partial charge is 0.481 e. The van der Waals surface area contributed by atoms with Gasteiger partial charge in [-0.3, -0.25) is 53.4 Å². The molecule has 1 saturated carbocycles. The molecule has 1 aromatic rings. The zero-order chi connectivity index (χ0) is 74.7. The van der Waals surface area contributed by atoms with Gasteiger partial charge in [0.25, 0.3) is 0 Å². The standard InChI is InChI=1S/C38H60N8O11.C27H50N4O13/c1-3-17-57-38(54)46-29(22-25-10-12-26(13-11-25)33(40)41)36(52)43-27(14-15-32(48)49)35(51)45-30(23-31(39)47)37(53)44-28(21-24-8-6-5-7-9-24)34(50)42-16-18-56-20-19-55-4-2;1-23(32)3-2-7-37-11-16-42-20-25(34)30-5-9-39-13-18-44-22-27(36)31-6-10-40-14-17-43-21-26(35)29-4-8-38-12-15-41-19-24(28)33/h10-13,24,27-30H,3-9,14-23H2,1-2H3,(H2,39,47)(H3,40,41)(H,42,50)(H,43,52)(H,44,53)(H,45,51)(H,46,54)(H,48,49);2-22H2,1H3,(H2,28,33)(H,29,35)(H,30,34)(H,31,36)/t27-,28-,29-,30-;/m0./s1. The molecule has 36 nitrogen and oxygen atoms in total. The number of carbonyl (C=O) groups is 12. The van der Waals surface area contributed by atoms with E-state index < -0.39 is 90.9 Å². The van der Waals surface area contributed by atoms with E-state index in [-0.39, 0.29) is 134 Å². The Morgan fingerprint density at radius 1 is 0.485 bits per heavy atom. The predicted molar refractivity (Wildman–Crippen MR) is 362 cm³/mol. The molecule has 1 aliphatic carbocycles. The molecule has 1 fully saturated rings. The summed E-state index contributed by atoms with van der Waals surface area (Å²) in [5, 5.41) is 37.7. The Labute approximate surface area is 589 Å². The maximum Gasteiger partial charge on any atom is 0.407 e. The third-order valence-electron chi connectivity index (χ3n) is 14.1. The number of rotatable bonds is 60. The van der Waals surface area contributed by atoms with Crippen LogP contribution in [0, 0.1) is 11.3 Å². The normalized spacial score (nSPS) is 13.1. The summed E-state index contributed by atoms with van der Waals surface area (Å²) in [7, 11) is 0. The molecular formula is C65H110N12O24. The van der Waals surface area contributed by atoms with Gasteiger partial charge in [-0.1, -0.05) is 63.3 Å². The van der Waals surface area contributed by atoms with E-state index in [1.165, 1.54) is 6.92 Å². The van der Waals surface area contributed by atoms with Crippen LogP contribution >= 0.6 is 0 Å². The molecule has 1 aromatic carbocycles. The van der Waals surface area contributed by atoms with Crippen molar-refractivity contribution in [3.05, 3.63) is 35.4 Å². The number of ketones is 1. The van der Waals surface area contributed by atoms with Gasteiger partial charge in [-0.15, -0.1) is 0 Å². The van der Waals surface area contributed by atoms with Gasteiger partial charge in [0.05, 0.1) is 106 Å². The van der Waals surface area contributed by atoms with Gasteiger partial charge in [0, 0.05) is 64.2 Å². The number of nitrogens with one attached hydrogen (secondary N) is 9. The van der Waals surface area contributed by atoms with Gasteiger partial charge < -0.3 is 122 Å². The number of aliphatic carboxylic acids is 1. The molecule has 0 aliphatic heterocycles. The van der Waals surface area contributed by atoms with Crippen LogP contribution in [0.25, 0.3) is 0 Å². The second-order valence-corrected chi connectivity index (χ2v) is 22.8. The summed E-state index contributed by atoms with van der Waals surface area (Å²) in [5.74, 6) is -6.80. The van der Waals surface area contributed by atoms with Crippen LogP contribution < -0.4 is 59.7 Å². The van der Waals surface area contributed by atoms with E-state index in [0.29, 0.717) is 109 Å². The smallest absolute Gasteiger partial charge is 0.407 e. The molecule has 0 radical (unpaired) electrons. The number of Topliss-reactive ketones (excluding diaryl/α,β-unsaturated/α-hetero) is 1. The van der Waals surface area contributed by atoms with E-state index >= 15 is 0 Å². The maximum absolute atomic E-state index is 13.7. The van der Waals surface area contributed by atoms with Crippen LogP contribution in [0.3, 0.4) is 0 Å². The Hall–Kier alpha value is -8.07. The van der Waals surface area contributed by atoms with Gasteiger partial charge in [-0.2, -0.15) is 0 Å². The van der Waals surface area contributed by atoms with Crippen molar-refractivity contribution in [2.45, 2.75) is 128 Å². The molecule has 16 N–H and O–H groups in total. The van der Waals surface area contributed by atoms with Crippen molar-refractivity contribution < 1.29 is 115 Å². The van der Waals surface area contributed by atoms with Crippen molar-refractivity contribution in [2.24, 2.45) is 23.1 Å². The van der Waals surface area contributed by atoms with Crippen LogP contribution in [-0.4, -0.2) is 271 Å². The number of carboxylic acids is 1. The van der Waals surface area contributed by atoms with Crippen molar-refractivity contribution in [1.82, 2.24) is 42.5 Å². The number of nitrogens with two attached hydrogens (primary N) is 3. The highest BCUT2D eigenvalue weighted by atomic mass is 16.6. The Morgan fingerprint density at radius 2 is 0.931 bits per heavy atom. The van der Waals surface area contributed by atoms with E-state index in [0.717, 1.165) is 32.1 Å². The van der Waals surface area contributed by atoms with Crippen LogP contribution in [0.2, 0.25) is 0 Å². The Balaban J connectivity index is 0.00000105. The zero-order valence-corrected chi connectivity index (χ0v) is 58.6. The average Bonchev–Trinajstić information content (AvgIpc) is 0.876. The minimum absolute atomic E-state index is 0.0625. The van der Waals surface area contributed by atoms with Crippen LogP contribution in [0.5, 0.6) is 0 Å². The van der Waals surface area contributed by atoms with Gasteiger partial charge in [0.2, 0.25) is 53.2 Å². The summed E-state index contributed by atoms with van der Waals surface area (Å²) in [6, 6.07) is 0.794. The Kier molecular flexibility index (Phi) is 53.7. The van der Waals surface area contributed by atoms with Crippen molar-refractivity contribution in [2.75, 3.05) is 165 Å². The summed E-state index contributed by atoms with van der Waals surface area (Å²) in [6.07, 6.45) is 4.04. The molecule has 574 valence electrons. The first-order chi connectivity index (χ1) is 48.5. The van der Waals surface area contributed by atoms with Crippen molar-refractivity contribution in [3.63, 3.8) is 0 Å². The summed E-state index contributed by atoms with van der Waals surface area (Å²) in [5.41, 5.74) is 16.9. The first-order valence-corrected chi connectivity index (χ1v) is 34.0. The molecule has 101 heavy (non-hydrogen) atoms. The van der Waals surface area contributed by atoms with E-state index in [2.05, 4.69) is 42.5 Å². The van der Waals surface area contributed by atoms with Crippen LogP contribution in [0.1, 0.15) is 109 Å². The number of primary amides is 2. The Bertz CT molecular complexity index is 2530. The van der Waals surface area contributed by atoms with Crippen LogP contribution in [-0.2, 0) is 111 Å². The molecule has 0 spiro atoms. The lowest BCUT2D eigenvalue weighted by Crippen LogP contribution is -2.59. The number of amidine groups is 1. The number of carbonyl (C=O) groups excluding carboxylic acids is 11. The second kappa shape index (κ2) is 59.6. The predicted octanol–water partition coefficient (Wildman–Crippen LogP) is -2.33. The van der Waals surface area contributed by atoms with Crippen LogP contribution in [0.15, 0.2) is 24.3 Å². The average molecular weight is 1440 g/mol. The molecule has 0 aromatic heterocycles. The quantitative estimate of drug-likeness (QED) is 0.0185. The molecular weight excluding hydrogens is 1330 g/mol. The molecule has 0 unspecified atom stereocenters. The van der Waals surface area contributed by atoms with E-state index in [9.17, 15) is 62.6 Å². The summed E-state index contributed by atoms with van der Waals surface area (Å²) < 4.78 is 57.5. The van der Waals surface area contributed by atoms with Gasteiger partial charge in [-0.05, 0) is 51.0 Å². The number of hydrogen-bond acceptors (Lipinski definition) is 24. The highest BCUT2D eigenvalue weighted by Gasteiger charge is 2.34. The third kappa shape index (κ3) is 51.7. The monoisotopic (exact) mass is 1440 g/mol. The number of carboxylic acid groups (broad SMARTS) is 1. The zero-order valence-electron chi connectivity index (χ0n) is 58.6. The molecule has 2 rings (SSSR count). The highest BCUT2D eigenvalue weighted by molar-refractivity contribution is 5.97. The fourth-order valence-electron chi connectivity index (χ4n) is 9.04. The van der Waals surface area contributed by atoms with Gasteiger partial charge in [0.15, 0.2) is 0 Å². The lowest BCUT2D eigenvalue weighted by atomic mass is 9.84. The topological polar surface area (TPSA) is 525 Å². The number of benzene rings is 1. The second-order valence-electron chi connectivity index (χ2n) is 22.8. The number of nitrogen functional groups attached to an aromatic ring is 1. The van der Waals surface area contributed by atoms with Crippen molar-refractivity contribution in [3.8, 4) is 0 Å². The molecule has 0 heterocycles. The van der Waals surface area contributed by atoms with Gasteiger partial charge in [0.1, 0.15) is 62.2 Å². The summed E-state index contributed by atoms with van der Waals surface area (Å²) in [6.45, 7) is 10.8. The minimum atomic E-state index is -1.60. The van der Waals surface area contributed by atoms with Gasteiger partial charge >= 0.3 is 12.1 Å². The minimum Gasteiger partial charge on any atom is -0.481 e. The molecule has 36 heteroatoms. The van der Waals surface area contributed by atoms with Crippen molar-refractivity contribution >= 4 is 76.8 Å². The molecule has 0 saturated heterocycles. The maximum atomic E-state index is 13.7. The van der Waals surface area contributed by atoms with E-state index in [4.69, 9.17) is 74.7 Å².